The number of halogens is 2. The van der Waals surface area contributed by atoms with Gasteiger partial charge in [0.25, 0.3) is 0 Å². The quantitative estimate of drug-likeness (QED) is 0.352. The lowest BCUT2D eigenvalue weighted by Crippen LogP contribution is -2.02. The van der Waals surface area contributed by atoms with E-state index >= 15 is 0 Å². The van der Waals surface area contributed by atoms with Gasteiger partial charge in [-0.1, -0.05) is 42.5 Å². The number of hydrogen-bond acceptors (Lipinski definition) is 4. The Hall–Kier alpha value is -3.67. The third-order valence-corrected chi connectivity index (χ3v) is 4.32. The molecule has 0 aliphatic carbocycles. The number of allylic oxidation sites excluding steroid dienone is 1. The summed E-state index contributed by atoms with van der Waals surface area (Å²) in [6.45, 7) is -2.99. The van der Waals surface area contributed by atoms with Gasteiger partial charge >= 0.3 is 6.61 Å². The van der Waals surface area contributed by atoms with E-state index in [1.807, 2.05) is 0 Å². The Kier molecular flexibility index (Phi) is 4.53. The van der Waals surface area contributed by atoms with Crippen LogP contribution in [0.2, 0.25) is 0 Å². The molecule has 0 fully saturated rings. The number of hydrogen-bond donors (Lipinski definition) is 1. The Balaban J connectivity index is 1.83. The molecule has 1 N–H and O–H groups in total. The van der Waals surface area contributed by atoms with Crippen LogP contribution in [0.1, 0.15) is 15.9 Å². The van der Waals surface area contributed by atoms with E-state index in [0.29, 0.717) is 21.9 Å². The Morgan fingerprint density at radius 1 is 1.04 bits per heavy atom. The first-order valence-corrected chi connectivity index (χ1v) is 8.44. The lowest BCUT2D eigenvalue weighted by molar-refractivity contribution is -0.0493. The molecular formula is C22H14F2O4. The highest BCUT2D eigenvalue weighted by Gasteiger charge is 2.17. The van der Waals surface area contributed by atoms with E-state index in [0.717, 1.165) is 0 Å². The van der Waals surface area contributed by atoms with Crippen LogP contribution >= 0.6 is 0 Å². The molecule has 6 heteroatoms. The number of alkyl halides is 2. The number of aromatic hydroxyl groups is 1. The monoisotopic (exact) mass is 380 g/mol. The molecule has 0 amide bonds. The SMILES string of the molecule is O=C(/C=C/c1ccc(OC(F)F)c2oc3ccccc3c12)c1ccccc1O. The highest BCUT2D eigenvalue weighted by Crippen LogP contribution is 2.38. The number of furan rings is 1. The van der Waals surface area contributed by atoms with Gasteiger partial charge in [-0.3, -0.25) is 4.79 Å². The van der Waals surface area contributed by atoms with Gasteiger partial charge in [-0.25, -0.2) is 0 Å². The number of para-hydroxylation sites is 2. The molecule has 0 aliphatic heterocycles. The number of ketones is 1. The zero-order chi connectivity index (χ0) is 19.7. The molecular weight excluding hydrogens is 366 g/mol. The number of benzene rings is 3. The zero-order valence-corrected chi connectivity index (χ0v) is 14.4. The summed E-state index contributed by atoms with van der Waals surface area (Å²) in [7, 11) is 0. The standard InChI is InChI=1S/C22H14F2O4/c23-22(24)28-19-12-10-13(9-11-17(26)14-5-1-3-7-16(14)25)20-15-6-2-4-8-18(15)27-21(19)20/h1-12,22,25H/b11-9+. The molecule has 1 aromatic heterocycles. The summed E-state index contributed by atoms with van der Waals surface area (Å²) >= 11 is 0. The number of carbonyl (C=O) groups excluding carboxylic acids is 1. The highest BCUT2D eigenvalue weighted by atomic mass is 19.3. The van der Waals surface area contributed by atoms with Crippen LogP contribution < -0.4 is 4.74 Å². The maximum absolute atomic E-state index is 12.7. The van der Waals surface area contributed by atoms with Gasteiger partial charge in [0.2, 0.25) is 0 Å². The minimum atomic E-state index is -2.99. The van der Waals surface area contributed by atoms with Crippen molar-refractivity contribution in [1.82, 2.24) is 0 Å². The summed E-state index contributed by atoms with van der Waals surface area (Å²) in [6, 6.07) is 16.3. The van der Waals surface area contributed by atoms with Crippen molar-refractivity contribution in [3.63, 3.8) is 0 Å². The smallest absolute Gasteiger partial charge is 0.387 e. The summed E-state index contributed by atoms with van der Waals surface area (Å²) in [5.74, 6) is -0.575. The topological polar surface area (TPSA) is 59.7 Å². The molecule has 0 bridgehead atoms. The van der Waals surface area contributed by atoms with E-state index in [9.17, 15) is 18.7 Å². The van der Waals surface area contributed by atoms with Crippen molar-refractivity contribution >= 4 is 33.8 Å². The fraction of sp³-hybridized carbons (Fsp3) is 0.0455. The minimum Gasteiger partial charge on any atom is -0.507 e. The number of rotatable bonds is 5. The number of fused-ring (bicyclic) bond motifs is 3. The number of phenols is 1. The van der Waals surface area contributed by atoms with Gasteiger partial charge in [0.1, 0.15) is 11.3 Å². The molecule has 0 unspecified atom stereocenters. The van der Waals surface area contributed by atoms with Crippen LogP contribution in [0.15, 0.2) is 71.2 Å². The molecule has 0 saturated heterocycles. The first-order valence-electron chi connectivity index (χ1n) is 8.44. The molecule has 0 radical (unpaired) electrons. The van der Waals surface area contributed by atoms with Gasteiger partial charge in [-0.15, -0.1) is 0 Å². The van der Waals surface area contributed by atoms with Crippen molar-refractivity contribution in [3.8, 4) is 11.5 Å². The second kappa shape index (κ2) is 7.15. The molecule has 28 heavy (non-hydrogen) atoms. The zero-order valence-electron chi connectivity index (χ0n) is 14.4. The van der Waals surface area contributed by atoms with Crippen LogP contribution in [0.4, 0.5) is 8.78 Å². The Morgan fingerprint density at radius 2 is 1.79 bits per heavy atom. The molecule has 0 spiro atoms. The highest BCUT2D eigenvalue weighted by molar-refractivity contribution is 6.13. The Labute approximate surface area is 158 Å². The van der Waals surface area contributed by atoms with Crippen LogP contribution in [0, 0.1) is 0 Å². The summed E-state index contributed by atoms with van der Waals surface area (Å²) < 4.78 is 35.8. The lowest BCUT2D eigenvalue weighted by atomic mass is 10.0. The van der Waals surface area contributed by atoms with E-state index in [1.54, 1.807) is 48.5 Å². The number of ether oxygens (including phenoxy) is 1. The fourth-order valence-electron chi connectivity index (χ4n) is 3.09. The van der Waals surface area contributed by atoms with Gasteiger partial charge in [0, 0.05) is 10.8 Å². The van der Waals surface area contributed by atoms with Crippen molar-refractivity contribution in [3.05, 3.63) is 77.9 Å². The fourth-order valence-corrected chi connectivity index (χ4v) is 3.09. The molecule has 4 nitrogen and oxygen atoms in total. The van der Waals surface area contributed by atoms with Crippen LogP contribution in [0.25, 0.3) is 28.0 Å². The number of carbonyl (C=O) groups is 1. The van der Waals surface area contributed by atoms with Gasteiger partial charge in [0.05, 0.1) is 5.56 Å². The van der Waals surface area contributed by atoms with Crippen LogP contribution in [0.3, 0.4) is 0 Å². The van der Waals surface area contributed by atoms with Crippen molar-refractivity contribution in [2.24, 2.45) is 0 Å². The van der Waals surface area contributed by atoms with Crippen LogP contribution in [-0.4, -0.2) is 17.5 Å². The summed E-state index contributed by atoms with van der Waals surface area (Å²) in [4.78, 5) is 12.4. The van der Waals surface area contributed by atoms with E-state index in [1.165, 1.54) is 24.3 Å². The summed E-state index contributed by atoms with van der Waals surface area (Å²) in [5, 5.41) is 11.1. The largest absolute Gasteiger partial charge is 0.507 e. The van der Waals surface area contributed by atoms with Crippen molar-refractivity contribution < 1.29 is 27.8 Å². The van der Waals surface area contributed by atoms with E-state index < -0.39 is 6.61 Å². The van der Waals surface area contributed by atoms with Gasteiger partial charge in [-0.05, 0) is 35.9 Å². The van der Waals surface area contributed by atoms with Crippen molar-refractivity contribution in [2.75, 3.05) is 0 Å². The molecule has 0 saturated carbocycles. The van der Waals surface area contributed by atoms with Crippen molar-refractivity contribution in [1.29, 1.82) is 0 Å². The Morgan fingerprint density at radius 3 is 2.57 bits per heavy atom. The lowest BCUT2D eigenvalue weighted by Gasteiger charge is -2.06. The molecule has 4 aromatic rings. The van der Waals surface area contributed by atoms with E-state index in [-0.39, 0.29) is 28.4 Å². The van der Waals surface area contributed by atoms with E-state index in [4.69, 9.17) is 4.42 Å². The maximum Gasteiger partial charge on any atom is 0.387 e. The normalized spacial score (nSPS) is 11.7. The molecule has 140 valence electrons. The van der Waals surface area contributed by atoms with E-state index in [2.05, 4.69) is 4.74 Å². The third kappa shape index (κ3) is 3.20. The molecule has 1 heterocycles. The first kappa shape index (κ1) is 17.7. The second-order valence-electron chi connectivity index (χ2n) is 6.05. The first-order chi connectivity index (χ1) is 13.5. The number of phenolic OH excluding ortho intramolecular Hbond substituents is 1. The minimum absolute atomic E-state index is 0.0784. The van der Waals surface area contributed by atoms with Gasteiger partial charge in [-0.2, -0.15) is 8.78 Å². The third-order valence-electron chi connectivity index (χ3n) is 4.32. The second-order valence-corrected chi connectivity index (χ2v) is 6.05. The average molecular weight is 380 g/mol. The molecule has 3 aromatic carbocycles. The molecule has 0 aliphatic rings. The van der Waals surface area contributed by atoms with Gasteiger partial charge in [0.15, 0.2) is 17.1 Å². The summed E-state index contributed by atoms with van der Waals surface area (Å²) in [5.41, 5.74) is 1.47. The Bertz CT molecular complexity index is 1210. The average Bonchev–Trinajstić information content (AvgIpc) is 3.07. The maximum atomic E-state index is 12.7. The predicted octanol–water partition coefficient (Wildman–Crippen LogP) is 5.79. The molecule has 0 atom stereocenters. The van der Waals surface area contributed by atoms with Crippen LogP contribution in [-0.2, 0) is 0 Å². The summed E-state index contributed by atoms with van der Waals surface area (Å²) in [6.07, 6.45) is 2.88. The molecule has 4 rings (SSSR count). The van der Waals surface area contributed by atoms with Crippen molar-refractivity contribution in [2.45, 2.75) is 6.61 Å². The van der Waals surface area contributed by atoms with Crippen LogP contribution in [0.5, 0.6) is 11.5 Å². The van der Waals surface area contributed by atoms with Gasteiger partial charge < -0.3 is 14.3 Å². The predicted molar refractivity (Wildman–Crippen MR) is 102 cm³/mol.